The van der Waals surface area contributed by atoms with E-state index in [4.69, 9.17) is 17.3 Å². The van der Waals surface area contributed by atoms with Crippen LogP contribution < -0.4 is 5.73 Å². The summed E-state index contributed by atoms with van der Waals surface area (Å²) in [6, 6.07) is 10.0. The summed E-state index contributed by atoms with van der Waals surface area (Å²) in [6.07, 6.45) is 6.74. The van der Waals surface area contributed by atoms with Gasteiger partial charge in [-0.15, -0.1) is 0 Å². The third kappa shape index (κ3) is 2.94. The van der Waals surface area contributed by atoms with Crippen LogP contribution in [0.1, 0.15) is 18.4 Å². The summed E-state index contributed by atoms with van der Waals surface area (Å²) in [6.45, 7) is 0.730. The fourth-order valence-corrected chi connectivity index (χ4v) is 2.86. The molecular weight excluding hydrogens is 282 g/mol. The number of hydrogen-bond acceptors (Lipinski definition) is 2. The normalized spacial score (nSPS) is 11.1. The Morgan fingerprint density at radius 2 is 1.90 bits per heavy atom. The number of halogens is 1. The largest absolute Gasteiger partial charge is 0.354 e. The molecule has 0 spiro atoms. The molecule has 3 nitrogen and oxygen atoms in total. The molecule has 0 aliphatic carbocycles. The van der Waals surface area contributed by atoms with Crippen LogP contribution in [-0.2, 0) is 6.42 Å². The van der Waals surface area contributed by atoms with Gasteiger partial charge in [-0.3, -0.25) is 4.98 Å². The molecule has 2 aromatic heterocycles. The molecule has 0 amide bonds. The van der Waals surface area contributed by atoms with Crippen molar-refractivity contribution in [2.45, 2.75) is 19.3 Å². The molecule has 0 radical (unpaired) electrons. The van der Waals surface area contributed by atoms with Gasteiger partial charge in [-0.05, 0) is 61.7 Å². The van der Waals surface area contributed by atoms with E-state index in [1.54, 1.807) is 0 Å². The Morgan fingerprint density at radius 3 is 2.67 bits per heavy atom. The second-order valence-electron chi connectivity index (χ2n) is 5.15. The Bertz CT molecular complexity index is 734. The number of benzene rings is 1. The van der Waals surface area contributed by atoms with Crippen LogP contribution in [0.15, 0.2) is 42.7 Å². The molecule has 0 aliphatic heterocycles. The van der Waals surface area contributed by atoms with Crippen molar-refractivity contribution in [3.05, 3.63) is 53.3 Å². The lowest BCUT2D eigenvalue weighted by atomic mass is 10.0. The highest BCUT2D eigenvalue weighted by Crippen LogP contribution is 2.32. The highest BCUT2D eigenvalue weighted by Gasteiger charge is 2.13. The Labute approximate surface area is 129 Å². The average Bonchev–Trinajstić information content (AvgIpc) is 2.87. The summed E-state index contributed by atoms with van der Waals surface area (Å²) < 4.78 is 0. The molecule has 108 valence electrons. The first-order valence-corrected chi connectivity index (χ1v) is 7.58. The van der Waals surface area contributed by atoms with Gasteiger partial charge in [0.1, 0.15) is 0 Å². The molecule has 21 heavy (non-hydrogen) atoms. The monoisotopic (exact) mass is 299 g/mol. The van der Waals surface area contributed by atoms with Crippen LogP contribution in [0.5, 0.6) is 0 Å². The van der Waals surface area contributed by atoms with E-state index in [2.05, 4.69) is 9.97 Å². The third-order valence-corrected chi connectivity index (χ3v) is 3.95. The molecule has 3 aromatic rings. The molecule has 0 saturated carbocycles. The molecule has 0 fully saturated rings. The van der Waals surface area contributed by atoms with Gasteiger partial charge in [-0.2, -0.15) is 0 Å². The van der Waals surface area contributed by atoms with Crippen molar-refractivity contribution in [2.75, 3.05) is 6.54 Å². The van der Waals surface area contributed by atoms with Crippen LogP contribution in [0.4, 0.5) is 0 Å². The zero-order valence-electron chi connectivity index (χ0n) is 11.8. The van der Waals surface area contributed by atoms with Gasteiger partial charge in [-0.1, -0.05) is 11.6 Å². The zero-order valence-corrected chi connectivity index (χ0v) is 12.5. The van der Waals surface area contributed by atoms with E-state index >= 15 is 0 Å². The average molecular weight is 300 g/mol. The SMILES string of the molecule is NCCCCc1c(-c2ccncc2)[nH]c2ccc(Cl)cc12. The Hall–Kier alpha value is -1.84. The lowest BCUT2D eigenvalue weighted by Crippen LogP contribution is -1.99. The van der Waals surface area contributed by atoms with E-state index in [1.165, 1.54) is 10.9 Å². The minimum Gasteiger partial charge on any atom is -0.354 e. The number of nitrogens with one attached hydrogen (secondary N) is 1. The molecule has 0 saturated heterocycles. The van der Waals surface area contributed by atoms with E-state index in [9.17, 15) is 0 Å². The van der Waals surface area contributed by atoms with Gasteiger partial charge >= 0.3 is 0 Å². The molecule has 0 atom stereocenters. The van der Waals surface area contributed by atoms with Gasteiger partial charge < -0.3 is 10.7 Å². The van der Waals surface area contributed by atoms with Crippen molar-refractivity contribution < 1.29 is 0 Å². The number of fused-ring (bicyclic) bond motifs is 1. The fourth-order valence-electron chi connectivity index (χ4n) is 2.69. The van der Waals surface area contributed by atoms with Crippen molar-refractivity contribution in [1.82, 2.24) is 9.97 Å². The Kier molecular flexibility index (Phi) is 4.23. The minimum atomic E-state index is 0.730. The number of unbranched alkanes of at least 4 members (excludes halogenated alkanes) is 1. The number of nitrogens with two attached hydrogens (primary N) is 1. The number of hydrogen-bond donors (Lipinski definition) is 2. The van der Waals surface area contributed by atoms with E-state index in [1.807, 2.05) is 42.7 Å². The molecule has 1 aromatic carbocycles. The number of nitrogens with zero attached hydrogens (tertiary/aromatic N) is 1. The van der Waals surface area contributed by atoms with Gasteiger partial charge in [0.25, 0.3) is 0 Å². The summed E-state index contributed by atoms with van der Waals surface area (Å²) in [4.78, 5) is 7.61. The molecule has 0 unspecified atom stereocenters. The molecule has 3 N–H and O–H groups in total. The van der Waals surface area contributed by atoms with Crippen molar-refractivity contribution >= 4 is 22.5 Å². The first kappa shape index (κ1) is 14.1. The number of rotatable bonds is 5. The number of H-pyrrole nitrogens is 1. The lowest BCUT2D eigenvalue weighted by Gasteiger charge is -2.05. The predicted octanol–water partition coefficient (Wildman–Crippen LogP) is 4.16. The van der Waals surface area contributed by atoms with E-state index in [0.29, 0.717) is 0 Å². The minimum absolute atomic E-state index is 0.730. The predicted molar refractivity (Wildman–Crippen MR) is 88.5 cm³/mol. The maximum Gasteiger partial charge on any atom is 0.0498 e. The molecule has 0 bridgehead atoms. The topological polar surface area (TPSA) is 54.7 Å². The van der Waals surface area contributed by atoms with Crippen molar-refractivity contribution in [3.8, 4) is 11.3 Å². The van der Waals surface area contributed by atoms with Gasteiger partial charge in [0, 0.05) is 39.6 Å². The molecule has 3 rings (SSSR count). The van der Waals surface area contributed by atoms with E-state index < -0.39 is 0 Å². The second-order valence-corrected chi connectivity index (χ2v) is 5.59. The van der Waals surface area contributed by atoms with Crippen LogP contribution in [-0.4, -0.2) is 16.5 Å². The standard InChI is InChI=1S/C17H18ClN3/c18-13-4-5-16-15(11-13)14(3-1-2-8-19)17(21-16)12-6-9-20-10-7-12/h4-7,9-11,21H,1-3,8,19H2. The summed E-state index contributed by atoms with van der Waals surface area (Å²) in [5, 5.41) is 1.97. The molecular formula is C17H18ClN3. The van der Waals surface area contributed by atoms with E-state index in [0.717, 1.165) is 47.6 Å². The highest BCUT2D eigenvalue weighted by molar-refractivity contribution is 6.31. The first-order chi connectivity index (χ1) is 10.3. The van der Waals surface area contributed by atoms with Crippen LogP contribution in [0, 0.1) is 0 Å². The molecule has 0 aliphatic rings. The zero-order chi connectivity index (χ0) is 14.7. The van der Waals surface area contributed by atoms with Crippen molar-refractivity contribution in [1.29, 1.82) is 0 Å². The summed E-state index contributed by atoms with van der Waals surface area (Å²) in [5.74, 6) is 0. The van der Waals surface area contributed by atoms with Crippen LogP contribution in [0.3, 0.4) is 0 Å². The summed E-state index contributed by atoms with van der Waals surface area (Å²) in [7, 11) is 0. The maximum atomic E-state index is 6.16. The fraction of sp³-hybridized carbons (Fsp3) is 0.235. The van der Waals surface area contributed by atoms with Gasteiger partial charge in [0.05, 0.1) is 0 Å². The number of pyridine rings is 1. The molecule has 2 heterocycles. The molecule has 4 heteroatoms. The third-order valence-electron chi connectivity index (χ3n) is 3.72. The highest BCUT2D eigenvalue weighted by atomic mass is 35.5. The summed E-state index contributed by atoms with van der Waals surface area (Å²) in [5.41, 5.74) is 10.4. The van der Waals surface area contributed by atoms with Crippen molar-refractivity contribution in [3.63, 3.8) is 0 Å². The smallest absolute Gasteiger partial charge is 0.0498 e. The summed E-state index contributed by atoms with van der Waals surface area (Å²) >= 11 is 6.16. The Balaban J connectivity index is 2.11. The maximum absolute atomic E-state index is 6.16. The number of aromatic amines is 1. The van der Waals surface area contributed by atoms with Crippen LogP contribution >= 0.6 is 11.6 Å². The number of aryl methyl sites for hydroxylation is 1. The second kappa shape index (κ2) is 6.29. The van der Waals surface area contributed by atoms with Gasteiger partial charge in [0.15, 0.2) is 0 Å². The Morgan fingerprint density at radius 1 is 1.10 bits per heavy atom. The quantitative estimate of drug-likeness (QED) is 0.695. The van der Waals surface area contributed by atoms with Crippen LogP contribution in [0.25, 0.3) is 22.2 Å². The van der Waals surface area contributed by atoms with Crippen LogP contribution in [0.2, 0.25) is 5.02 Å². The lowest BCUT2D eigenvalue weighted by molar-refractivity contribution is 0.748. The first-order valence-electron chi connectivity index (χ1n) is 7.20. The number of aromatic nitrogens is 2. The van der Waals surface area contributed by atoms with Crippen molar-refractivity contribution in [2.24, 2.45) is 5.73 Å². The van der Waals surface area contributed by atoms with Gasteiger partial charge in [-0.25, -0.2) is 0 Å². The van der Waals surface area contributed by atoms with E-state index in [-0.39, 0.29) is 0 Å². The van der Waals surface area contributed by atoms with Gasteiger partial charge in [0.2, 0.25) is 0 Å².